The van der Waals surface area contributed by atoms with E-state index in [-0.39, 0.29) is 12.3 Å². The lowest BCUT2D eigenvalue weighted by atomic mass is 10.0. The van der Waals surface area contributed by atoms with Crippen LogP contribution in [0.5, 0.6) is 5.75 Å². The van der Waals surface area contributed by atoms with E-state index < -0.39 is 0 Å². The number of unbranched alkanes of at least 4 members (excludes halogenated alkanes) is 3. The molecular weight excluding hydrogens is 344 g/mol. The molecule has 2 aromatic carbocycles. The van der Waals surface area contributed by atoms with Crippen molar-refractivity contribution in [2.45, 2.75) is 51.3 Å². The third kappa shape index (κ3) is 3.46. The molecule has 2 aliphatic rings. The van der Waals surface area contributed by atoms with E-state index in [2.05, 4.69) is 41.6 Å². The molecule has 0 radical (unpaired) electrons. The molecule has 2 aliphatic heterocycles. The second kappa shape index (κ2) is 7.73. The summed E-state index contributed by atoms with van der Waals surface area (Å²) >= 11 is 6.07. The number of rotatable bonds is 6. The molecule has 136 valence electrons. The fourth-order valence-electron chi connectivity index (χ4n) is 3.73. The number of nitrogens with zero attached hydrogens (tertiary/aromatic N) is 1. The van der Waals surface area contributed by atoms with E-state index in [0.29, 0.717) is 0 Å². The number of para-hydroxylation sites is 1. The van der Waals surface area contributed by atoms with Crippen molar-refractivity contribution in [1.29, 1.82) is 0 Å². The zero-order valence-electron chi connectivity index (χ0n) is 15.1. The Morgan fingerprint density at radius 2 is 1.85 bits per heavy atom. The Bertz CT molecular complexity index is 787. The molecule has 26 heavy (non-hydrogen) atoms. The maximum atomic E-state index is 6.35. The number of benzene rings is 2. The summed E-state index contributed by atoms with van der Waals surface area (Å²) in [4.78, 5) is 0. The Balaban J connectivity index is 1.59. The van der Waals surface area contributed by atoms with Crippen LogP contribution in [0.1, 0.15) is 62.4 Å². The Labute approximate surface area is 160 Å². The lowest BCUT2D eigenvalue weighted by molar-refractivity contribution is -0.0366. The molecule has 1 N–H and O–H groups in total. The molecule has 0 aliphatic carbocycles. The van der Waals surface area contributed by atoms with Gasteiger partial charge >= 0.3 is 0 Å². The van der Waals surface area contributed by atoms with Gasteiger partial charge in [0, 0.05) is 21.8 Å². The topological polar surface area (TPSA) is 24.5 Å². The summed E-state index contributed by atoms with van der Waals surface area (Å²) < 4.78 is 6.35. The highest BCUT2D eigenvalue weighted by Gasteiger charge is 2.39. The van der Waals surface area contributed by atoms with Crippen molar-refractivity contribution < 1.29 is 4.74 Å². The lowest BCUT2D eigenvalue weighted by Crippen LogP contribution is -2.43. The lowest BCUT2D eigenvalue weighted by Gasteiger charge is -2.39. The van der Waals surface area contributed by atoms with Crippen molar-refractivity contribution in [3.8, 4) is 5.75 Å². The molecule has 3 nitrogen and oxygen atoms in total. The molecule has 0 saturated heterocycles. The van der Waals surface area contributed by atoms with Crippen LogP contribution in [-0.4, -0.2) is 5.01 Å². The second-order valence-electron chi connectivity index (χ2n) is 7.03. The fourth-order valence-corrected chi connectivity index (χ4v) is 3.86. The minimum absolute atomic E-state index is 0.170. The normalized spacial score (nSPS) is 21.4. The van der Waals surface area contributed by atoms with Crippen LogP contribution < -0.4 is 10.2 Å². The molecular formula is C22H25ClN2O. The smallest absolute Gasteiger partial charge is 0.195 e. The van der Waals surface area contributed by atoms with Crippen LogP contribution in [0.4, 0.5) is 0 Å². The second-order valence-corrected chi connectivity index (χ2v) is 7.46. The molecule has 0 fully saturated rings. The highest BCUT2D eigenvalue weighted by Crippen LogP contribution is 2.45. The van der Waals surface area contributed by atoms with Gasteiger partial charge in [-0.3, -0.25) is 0 Å². The molecule has 0 spiro atoms. The van der Waals surface area contributed by atoms with Gasteiger partial charge in [-0.1, -0.05) is 68.1 Å². The number of nitrogens with one attached hydrogen (secondary N) is 1. The maximum Gasteiger partial charge on any atom is 0.195 e. The first-order valence-electron chi connectivity index (χ1n) is 9.53. The molecule has 0 bridgehead atoms. The molecule has 0 amide bonds. The summed E-state index contributed by atoms with van der Waals surface area (Å²) in [6, 6.07) is 16.4. The van der Waals surface area contributed by atoms with Crippen LogP contribution in [-0.2, 0) is 0 Å². The largest absolute Gasteiger partial charge is 0.469 e. The van der Waals surface area contributed by atoms with Gasteiger partial charge in [-0.15, -0.1) is 0 Å². The van der Waals surface area contributed by atoms with Gasteiger partial charge in [0.05, 0.1) is 6.04 Å². The summed E-state index contributed by atoms with van der Waals surface area (Å²) in [5.41, 5.74) is 7.22. The van der Waals surface area contributed by atoms with Gasteiger partial charge in [0.1, 0.15) is 5.75 Å². The minimum atomic E-state index is -0.170. The summed E-state index contributed by atoms with van der Waals surface area (Å²) in [6.07, 6.45) is 8.35. The Morgan fingerprint density at radius 1 is 1.04 bits per heavy atom. The van der Waals surface area contributed by atoms with Crippen LogP contribution in [0.15, 0.2) is 60.3 Å². The van der Waals surface area contributed by atoms with E-state index in [0.717, 1.165) is 22.8 Å². The van der Waals surface area contributed by atoms with Crippen LogP contribution in [0, 0.1) is 0 Å². The third-order valence-corrected chi connectivity index (χ3v) is 5.37. The number of hydrogen-bond acceptors (Lipinski definition) is 3. The van der Waals surface area contributed by atoms with E-state index >= 15 is 0 Å². The predicted octanol–water partition coefficient (Wildman–Crippen LogP) is 6.15. The van der Waals surface area contributed by atoms with Crippen molar-refractivity contribution in [3.63, 3.8) is 0 Å². The van der Waals surface area contributed by atoms with Crippen LogP contribution >= 0.6 is 11.6 Å². The first-order valence-corrected chi connectivity index (χ1v) is 9.91. The summed E-state index contributed by atoms with van der Waals surface area (Å²) in [5.74, 6) is 0.957. The SMILES string of the molecule is CCCCCCC1=C[C@@H]2c3ccccc3O[C@H](c3ccc(Cl)cc3)N2N1. The summed E-state index contributed by atoms with van der Waals surface area (Å²) in [5, 5.41) is 2.96. The monoisotopic (exact) mass is 368 g/mol. The van der Waals surface area contributed by atoms with Gasteiger partial charge in [0.2, 0.25) is 0 Å². The predicted molar refractivity (Wildman–Crippen MR) is 106 cm³/mol. The van der Waals surface area contributed by atoms with E-state index in [1.807, 2.05) is 30.3 Å². The van der Waals surface area contributed by atoms with Crippen LogP contribution in [0.25, 0.3) is 0 Å². The zero-order chi connectivity index (χ0) is 17.9. The molecule has 2 aromatic rings. The number of hydrazine groups is 1. The van der Waals surface area contributed by atoms with Crippen molar-refractivity contribution in [3.05, 3.63) is 76.5 Å². The molecule has 4 rings (SSSR count). The quantitative estimate of drug-likeness (QED) is 0.619. The van der Waals surface area contributed by atoms with E-state index in [9.17, 15) is 0 Å². The fraction of sp³-hybridized carbons (Fsp3) is 0.364. The minimum Gasteiger partial charge on any atom is -0.469 e. The summed E-state index contributed by atoms with van der Waals surface area (Å²) in [7, 11) is 0. The van der Waals surface area contributed by atoms with Gasteiger partial charge in [0.25, 0.3) is 0 Å². The van der Waals surface area contributed by atoms with Crippen LogP contribution in [0.2, 0.25) is 5.02 Å². The van der Waals surface area contributed by atoms with Crippen LogP contribution in [0.3, 0.4) is 0 Å². The first-order chi connectivity index (χ1) is 12.8. The number of halogens is 1. The molecule has 4 heteroatoms. The number of allylic oxidation sites excluding steroid dienone is 1. The Hall–Kier alpha value is -1.97. The number of fused-ring (bicyclic) bond motifs is 3. The Morgan fingerprint density at radius 3 is 2.65 bits per heavy atom. The standard InChI is InChI=1S/C22H25ClN2O/c1-2-3-4-5-8-18-15-20-19-9-6-7-10-21(19)26-22(25(20)24-18)16-11-13-17(23)14-12-16/h6-7,9-15,20,22,24H,2-5,8H2,1H3/t20-,22-/m1/s1. The van der Waals surface area contributed by atoms with E-state index in [4.69, 9.17) is 16.3 Å². The van der Waals surface area contributed by atoms with Gasteiger partial charge in [0.15, 0.2) is 6.23 Å². The van der Waals surface area contributed by atoms with E-state index in [1.54, 1.807) is 0 Å². The van der Waals surface area contributed by atoms with Crippen molar-refractivity contribution in [2.75, 3.05) is 0 Å². The highest BCUT2D eigenvalue weighted by atomic mass is 35.5. The molecule has 0 aromatic heterocycles. The number of ether oxygens (including phenoxy) is 1. The zero-order valence-corrected chi connectivity index (χ0v) is 15.9. The average molecular weight is 369 g/mol. The van der Waals surface area contributed by atoms with E-state index in [1.165, 1.54) is 36.9 Å². The average Bonchev–Trinajstić information content (AvgIpc) is 3.10. The Kier molecular flexibility index (Phi) is 5.18. The van der Waals surface area contributed by atoms with Gasteiger partial charge in [-0.2, -0.15) is 5.01 Å². The third-order valence-electron chi connectivity index (χ3n) is 5.12. The first kappa shape index (κ1) is 17.4. The highest BCUT2D eigenvalue weighted by molar-refractivity contribution is 6.30. The van der Waals surface area contributed by atoms with Gasteiger partial charge in [-0.05, 0) is 37.1 Å². The summed E-state index contributed by atoms with van der Waals surface area (Å²) in [6.45, 7) is 2.25. The molecule has 0 saturated carbocycles. The maximum absolute atomic E-state index is 6.35. The van der Waals surface area contributed by atoms with Crippen molar-refractivity contribution in [2.24, 2.45) is 0 Å². The van der Waals surface area contributed by atoms with Gasteiger partial charge < -0.3 is 10.2 Å². The molecule has 0 unspecified atom stereocenters. The van der Waals surface area contributed by atoms with Gasteiger partial charge in [-0.25, -0.2) is 0 Å². The number of hydrogen-bond donors (Lipinski definition) is 1. The van der Waals surface area contributed by atoms with Crippen molar-refractivity contribution in [1.82, 2.24) is 10.4 Å². The molecule has 2 atom stereocenters. The molecule has 2 heterocycles. The van der Waals surface area contributed by atoms with Crippen molar-refractivity contribution >= 4 is 11.6 Å².